The molecular formula is C15H22N4O4. The maximum Gasteiger partial charge on any atom is 0.317 e. The highest BCUT2D eigenvalue weighted by atomic mass is 16.5. The van der Waals surface area contributed by atoms with E-state index < -0.39 is 5.97 Å². The Morgan fingerprint density at radius 1 is 1.26 bits per heavy atom. The van der Waals surface area contributed by atoms with Gasteiger partial charge in [0.25, 0.3) is 0 Å². The van der Waals surface area contributed by atoms with Gasteiger partial charge in [-0.25, -0.2) is 0 Å². The van der Waals surface area contributed by atoms with E-state index >= 15 is 0 Å². The van der Waals surface area contributed by atoms with Crippen molar-refractivity contribution >= 4 is 11.9 Å². The summed E-state index contributed by atoms with van der Waals surface area (Å²) < 4.78 is 7.41. The number of carboxylic acids is 1. The Kier molecular flexibility index (Phi) is 4.92. The van der Waals surface area contributed by atoms with Crippen LogP contribution in [0.25, 0.3) is 0 Å². The Balaban J connectivity index is 1.64. The molecule has 1 N–H and O–H groups in total. The van der Waals surface area contributed by atoms with Gasteiger partial charge in [-0.2, -0.15) is 5.10 Å². The smallest absolute Gasteiger partial charge is 0.317 e. The van der Waals surface area contributed by atoms with Gasteiger partial charge in [-0.1, -0.05) is 0 Å². The number of carbonyl (C=O) groups excluding carboxylic acids is 1. The first-order chi connectivity index (χ1) is 11.1. The van der Waals surface area contributed by atoms with Gasteiger partial charge in [-0.3, -0.25) is 19.2 Å². The molecule has 3 rings (SSSR count). The first-order valence-electron chi connectivity index (χ1n) is 7.90. The SMILES string of the molecule is O=C(O)CN1C[C@@H]2COC[C@H](C1)N(C(=O)CCn1cccn1)C2. The zero-order valence-electron chi connectivity index (χ0n) is 13.0. The topological polar surface area (TPSA) is 87.9 Å². The lowest BCUT2D eigenvalue weighted by atomic mass is 10.1. The molecule has 8 heteroatoms. The summed E-state index contributed by atoms with van der Waals surface area (Å²) >= 11 is 0. The summed E-state index contributed by atoms with van der Waals surface area (Å²) in [5.74, 6) is -0.587. The molecule has 1 amide bonds. The number of aliphatic carboxylic acids is 1. The van der Waals surface area contributed by atoms with E-state index in [2.05, 4.69) is 5.10 Å². The molecule has 2 atom stereocenters. The molecule has 0 radical (unpaired) electrons. The fourth-order valence-electron chi connectivity index (χ4n) is 3.35. The van der Waals surface area contributed by atoms with Crippen molar-refractivity contribution in [2.75, 3.05) is 39.4 Å². The normalized spacial score (nSPS) is 25.1. The van der Waals surface area contributed by atoms with Crippen molar-refractivity contribution in [2.24, 2.45) is 5.92 Å². The minimum Gasteiger partial charge on any atom is -0.480 e. The average Bonchev–Trinajstić information content (AvgIpc) is 2.85. The molecule has 0 spiro atoms. The summed E-state index contributed by atoms with van der Waals surface area (Å²) in [5.41, 5.74) is 0. The molecule has 0 aliphatic carbocycles. The molecule has 2 bridgehead atoms. The number of ether oxygens (including phenoxy) is 1. The standard InChI is InChI=1S/C15H22N4O4/c20-14(2-5-18-4-1-3-16-18)19-7-12-6-17(9-15(21)22)8-13(19)11-23-10-12/h1,3-4,12-13H,2,5-11H2,(H,21,22)/t12-,13-/m0/s1. The van der Waals surface area contributed by atoms with E-state index in [0.29, 0.717) is 45.8 Å². The fraction of sp³-hybridized carbons (Fsp3) is 0.667. The number of carboxylic acid groups (broad SMARTS) is 1. The van der Waals surface area contributed by atoms with E-state index in [1.54, 1.807) is 10.9 Å². The number of aromatic nitrogens is 2. The summed E-state index contributed by atoms with van der Waals surface area (Å²) in [7, 11) is 0. The second kappa shape index (κ2) is 7.10. The lowest BCUT2D eigenvalue weighted by molar-refractivity contribution is -0.138. The molecule has 8 nitrogen and oxygen atoms in total. The van der Waals surface area contributed by atoms with Crippen molar-refractivity contribution in [3.05, 3.63) is 18.5 Å². The highest BCUT2D eigenvalue weighted by Gasteiger charge is 2.35. The number of aryl methyl sites for hydroxylation is 1. The number of carbonyl (C=O) groups is 2. The number of hydrogen-bond acceptors (Lipinski definition) is 5. The number of hydrogen-bond donors (Lipinski definition) is 1. The molecule has 23 heavy (non-hydrogen) atoms. The number of fused-ring (bicyclic) bond motifs is 3. The van der Waals surface area contributed by atoms with Crippen LogP contribution in [0.1, 0.15) is 6.42 Å². The quantitative estimate of drug-likeness (QED) is 0.787. The van der Waals surface area contributed by atoms with Gasteiger partial charge in [-0.15, -0.1) is 0 Å². The van der Waals surface area contributed by atoms with Gasteiger partial charge in [0.2, 0.25) is 5.91 Å². The van der Waals surface area contributed by atoms with Crippen LogP contribution in [-0.2, 0) is 20.9 Å². The minimum atomic E-state index is -0.831. The third-order valence-electron chi connectivity index (χ3n) is 4.34. The van der Waals surface area contributed by atoms with Gasteiger partial charge >= 0.3 is 5.97 Å². The van der Waals surface area contributed by atoms with Gasteiger partial charge < -0.3 is 14.7 Å². The molecule has 2 fully saturated rings. The largest absolute Gasteiger partial charge is 0.480 e. The Morgan fingerprint density at radius 3 is 2.87 bits per heavy atom. The summed E-state index contributed by atoms with van der Waals surface area (Å²) in [4.78, 5) is 27.4. The van der Waals surface area contributed by atoms with Crippen LogP contribution in [0.3, 0.4) is 0 Å². The van der Waals surface area contributed by atoms with Crippen molar-refractivity contribution in [2.45, 2.75) is 19.0 Å². The van der Waals surface area contributed by atoms with Crippen LogP contribution >= 0.6 is 0 Å². The molecule has 0 unspecified atom stereocenters. The van der Waals surface area contributed by atoms with Crippen LogP contribution in [0.15, 0.2) is 18.5 Å². The maximum absolute atomic E-state index is 12.6. The average molecular weight is 322 g/mol. The molecule has 126 valence electrons. The van der Waals surface area contributed by atoms with Crippen molar-refractivity contribution in [1.29, 1.82) is 0 Å². The van der Waals surface area contributed by atoms with Gasteiger partial charge in [0, 0.05) is 50.9 Å². The molecular weight excluding hydrogens is 300 g/mol. The van der Waals surface area contributed by atoms with Gasteiger partial charge in [-0.05, 0) is 6.07 Å². The molecule has 0 saturated carbocycles. The van der Waals surface area contributed by atoms with Gasteiger partial charge in [0.1, 0.15) is 0 Å². The lowest BCUT2D eigenvalue weighted by Crippen LogP contribution is -2.47. The van der Waals surface area contributed by atoms with Crippen LogP contribution in [0.2, 0.25) is 0 Å². The van der Waals surface area contributed by atoms with E-state index in [9.17, 15) is 9.59 Å². The van der Waals surface area contributed by atoms with Crippen LogP contribution in [0.4, 0.5) is 0 Å². The summed E-state index contributed by atoms with van der Waals surface area (Å²) in [6.07, 6.45) is 3.93. The van der Waals surface area contributed by atoms with E-state index in [1.165, 1.54) is 0 Å². The Labute approximate surface area is 134 Å². The molecule has 2 aliphatic heterocycles. The second-order valence-electron chi connectivity index (χ2n) is 6.21. The number of rotatable bonds is 5. The Hall–Kier alpha value is -1.93. The third kappa shape index (κ3) is 4.08. The van der Waals surface area contributed by atoms with Crippen molar-refractivity contribution in [1.82, 2.24) is 19.6 Å². The Morgan fingerprint density at radius 2 is 2.13 bits per heavy atom. The highest BCUT2D eigenvalue weighted by Crippen LogP contribution is 2.20. The minimum absolute atomic E-state index is 0.0162. The first-order valence-corrected chi connectivity index (χ1v) is 7.90. The molecule has 1 aromatic heterocycles. The van der Waals surface area contributed by atoms with E-state index in [-0.39, 0.29) is 24.4 Å². The monoisotopic (exact) mass is 322 g/mol. The van der Waals surface area contributed by atoms with Crippen LogP contribution in [-0.4, -0.2) is 82.0 Å². The Bertz CT molecular complexity index is 548. The zero-order valence-corrected chi connectivity index (χ0v) is 13.0. The maximum atomic E-state index is 12.6. The molecule has 2 aliphatic rings. The lowest BCUT2D eigenvalue weighted by Gasteiger charge is -2.30. The van der Waals surface area contributed by atoms with Crippen LogP contribution in [0.5, 0.6) is 0 Å². The predicted octanol–water partition coefficient (Wildman–Crippen LogP) is -0.483. The molecule has 2 saturated heterocycles. The summed E-state index contributed by atoms with van der Waals surface area (Å²) in [6.45, 7) is 3.47. The summed E-state index contributed by atoms with van der Waals surface area (Å²) in [6, 6.07) is 1.76. The van der Waals surface area contributed by atoms with Gasteiger partial charge in [0.05, 0.1) is 25.8 Å². The molecule has 0 aromatic carbocycles. The van der Waals surface area contributed by atoms with E-state index in [0.717, 1.165) is 0 Å². The molecule has 3 heterocycles. The third-order valence-corrected chi connectivity index (χ3v) is 4.34. The summed E-state index contributed by atoms with van der Waals surface area (Å²) in [5, 5.41) is 13.1. The fourth-order valence-corrected chi connectivity index (χ4v) is 3.35. The number of nitrogens with zero attached hydrogens (tertiary/aromatic N) is 4. The van der Waals surface area contributed by atoms with E-state index in [4.69, 9.17) is 9.84 Å². The highest BCUT2D eigenvalue weighted by molar-refractivity contribution is 5.76. The van der Waals surface area contributed by atoms with Crippen LogP contribution < -0.4 is 0 Å². The van der Waals surface area contributed by atoms with Crippen LogP contribution in [0, 0.1) is 5.92 Å². The zero-order chi connectivity index (χ0) is 16.2. The van der Waals surface area contributed by atoms with Gasteiger partial charge in [0.15, 0.2) is 0 Å². The predicted molar refractivity (Wildman–Crippen MR) is 80.7 cm³/mol. The van der Waals surface area contributed by atoms with Crippen molar-refractivity contribution in [3.8, 4) is 0 Å². The first kappa shape index (κ1) is 15.9. The van der Waals surface area contributed by atoms with Crippen molar-refractivity contribution < 1.29 is 19.4 Å². The van der Waals surface area contributed by atoms with E-state index in [1.807, 2.05) is 22.1 Å². The van der Waals surface area contributed by atoms with Crippen molar-refractivity contribution in [3.63, 3.8) is 0 Å². The molecule has 1 aromatic rings. The number of amides is 1. The second-order valence-corrected chi connectivity index (χ2v) is 6.21.